The van der Waals surface area contributed by atoms with Gasteiger partial charge in [-0.2, -0.15) is 0 Å². The number of benzene rings is 1. The zero-order chi connectivity index (χ0) is 14.7. The van der Waals surface area contributed by atoms with E-state index in [9.17, 15) is 9.90 Å². The third kappa shape index (κ3) is 4.44. The molecule has 0 aliphatic carbocycles. The first-order valence-electron chi connectivity index (χ1n) is 6.61. The second kappa shape index (κ2) is 5.84. The smallest absolute Gasteiger partial charge is 0.166 e. The lowest BCUT2D eigenvalue weighted by Crippen LogP contribution is -2.35. The molecule has 0 radical (unpaired) electrons. The van der Waals surface area contributed by atoms with Gasteiger partial charge in [0.05, 0.1) is 0 Å². The molecule has 0 aliphatic rings. The van der Waals surface area contributed by atoms with E-state index in [0.29, 0.717) is 12.0 Å². The molecule has 104 valence electrons. The van der Waals surface area contributed by atoms with Crippen LogP contribution in [-0.2, 0) is 10.4 Å². The van der Waals surface area contributed by atoms with Crippen LogP contribution in [0.25, 0.3) is 0 Å². The summed E-state index contributed by atoms with van der Waals surface area (Å²) in [6, 6.07) is 10.1. The molecule has 0 amide bonds. The normalized spacial score (nSPS) is 14.8. The van der Waals surface area contributed by atoms with Crippen LogP contribution >= 0.6 is 0 Å². The van der Waals surface area contributed by atoms with Crippen LogP contribution in [0.1, 0.15) is 18.9 Å². The zero-order valence-corrected chi connectivity index (χ0v) is 13.4. The van der Waals surface area contributed by atoms with Crippen molar-refractivity contribution in [2.45, 2.75) is 44.6 Å². The second-order valence-corrected chi connectivity index (χ2v) is 11.9. The third-order valence-electron chi connectivity index (χ3n) is 3.12. The SMILES string of the molecule is C=C(CC(O)(C(C)=O)c1ccccc1)C[Si](C)(C)C. The lowest BCUT2D eigenvalue weighted by molar-refractivity contribution is -0.136. The highest BCUT2D eigenvalue weighted by molar-refractivity contribution is 6.76. The Bertz CT molecular complexity index is 459. The first kappa shape index (κ1) is 15.9. The van der Waals surface area contributed by atoms with E-state index in [-0.39, 0.29) is 5.78 Å². The number of hydrogen-bond acceptors (Lipinski definition) is 2. The Labute approximate surface area is 117 Å². The molecule has 0 heterocycles. The lowest BCUT2D eigenvalue weighted by Gasteiger charge is -2.28. The van der Waals surface area contributed by atoms with Crippen LogP contribution in [-0.4, -0.2) is 19.0 Å². The standard InChI is InChI=1S/C16H24O2Si/c1-13(12-19(3,4)5)11-16(18,14(2)17)15-9-7-6-8-10-15/h6-10,18H,1,11-12H2,2-5H3. The van der Waals surface area contributed by atoms with Crippen molar-refractivity contribution in [1.82, 2.24) is 0 Å². The number of carbonyl (C=O) groups excluding carboxylic acids is 1. The van der Waals surface area contributed by atoms with Gasteiger partial charge in [0.1, 0.15) is 0 Å². The molecule has 1 atom stereocenters. The predicted octanol–water partition coefficient (Wildman–Crippen LogP) is 3.75. The molecular formula is C16H24O2Si. The fourth-order valence-corrected chi connectivity index (χ4v) is 3.94. The molecule has 0 saturated carbocycles. The molecular weight excluding hydrogens is 252 g/mol. The maximum atomic E-state index is 11.9. The lowest BCUT2D eigenvalue weighted by atomic mass is 9.85. The Morgan fingerprint density at radius 2 is 1.79 bits per heavy atom. The van der Waals surface area contributed by atoms with Gasteiger partial charge in [-0.3, -0.25) is 4.79 Å². The fourth-order valence-electron chi connectivity index (χ4n) is 2.32. The number of aliphatic hydroxyl groups is 1. The molecule has 3 heteroatoms. The van der Waals surface area contributed by atoms with Gasteiger partial charge in [0, 0.05) is 14.5 Å². The van der Waals surface area contributed by atoms with E-state index in [1.54, 1.807) is 12.1 Å². The van der Waals surface area contributed by atoms with Crippen LogP contribution in [0.2, 0.25) is 25.7 Å². The van der Waals surface area contributed by atoms with Gasteiger partial charge >= 0.3 is 0 Å². The average molecular weight is 276 g/mol. The molecule has 0 spiro atoms. The van der Waals surface area contributed by atoms with Crippen LogP contribution in [0, 0.1) is 0 Å². The van der Waals surface area contributed by atoms with E-state index in [1.807, 2.05) is 18.2 Å². The quantitative estimate of drug-likeness (QED) is 0.634. The Morgan fingerprint density at radius 3 is 2.21 bits per heavy atom. The topological polar surface area (TPSA) is 37.3 Å². The molecule has 1 rings (SSSR count). The molecule has 1 aromatic carbocycles. The van der Waals surface area contributed by atoms with E-state index < -0.39 is 13.7 Å². The van der Waals surface area contributed by atoms with Crippen LogP contribution < -0.4 is 0 Å². The summed E-state index contributed by atoms with van der Waals surface area (Å²) in [5.41, 5.74) is 0.179. The molecule has 0 saturated heterocycles. The van der Waals surface area contributed by atoms with Crippen molar-refractivity contribution in [3.05, 3.63) is 48.0 Å². The van der Waals surface area contributed by atoms with E-state index in [2.05, 4.69) is 26.2 Å². The van der Waals surface area contributed by atoms with Crippen molar-refractivity contribution in [3.8, 4) is 0 Å². The van der Waals surface area contributed by atoms with Crippen molar-refractivity contribution < 1.29 is 9.90 Å². The van der Waals surface area contributed by atoms with Crippen molar-refractivity contribution >= 4 is 13.9 Å². The highest BCUT2D eigenvalue weighted by atomic mass is 28.3. The van der Waals surface area contributed by atoms with E-state index in [4.69, 9.17) is 0 Å². The minimum absolute atomic E-state index is 0.226. The first-order valence-corrected chi connectivity index (χ1v) is 10.3. The maximum absolute atomic E-state index is 11.9. The van der Waals surface area contributed by atoms with Crippen LogP contribution in [0.5, 0.6) is 0 Å². The van der Waals surface area contributed by atoms with Crippen molar-refractivity contribution in [2.24, 2.45) is 0 Å². The summed E-state index contributed by atoms with van der Waals surface area (Å²) >= 11 is 0. The van der Waals surface area contributed by atoms with Crippen molar-refractivity contribution in [2.75, 3.05) is 0 Å². The number of hydrogen-bond donors (Lipinski definition) is 1. The number of rotatable bonds is 6. The largest absolute Gasteiger partial charge is 0.377 e. The van der Waals surface area contributed by atoms with Crippen LogP contribution in [0.4, 0.5) is 0 Å². The monoisotopic (exact) mass is 276 g/mol. The summed E-state index contributed by atoms with van der Waals surface area (Å²) < 4.78 is 0. The minimum atomic E-state index is -1.43. The number of Topliss-reactive ketones (excluding diaryl/α,β-unsaturated/α-hetero) is 1. The second-order valence-electron chi connectivity index (χ2n) is 6.45. The van der Waals surface area contributed by atoms with Gasteiger partial charge < -0.3 is 5.11 Å². The molecule has 19 heavy (non-hydrogen) atoms. The highest BCUT2D eigenvalue weighted by Crippen LogP contribution is 2.32. The minimum Gasteiger partial charge on any atom is -0.377 e. The van der Waals surface area contributed by atoms with Crippen LogP contribution in [0.3, 0.4) is 0 Å². The summed E-state index contributed by atoms with van der Waals surface area (Å²) in [5, 5.41) is 10.7. The third-order valence-corrected chi connectivity index (χ3v) is 4.68. The molecule has 0 fully saturated rings. The Balaban J connectivity index is 2.97. The summed E-state index contributed by atoms with van der Waals surface area (Å²) in [7, 11) is -1.28. The fraction of sp³-hybridized carbons (Fsp3) is 0.438. The van der Waals surface area contributed by atoms with Crippen LogP contribution in [0.15, 0.2) is 42.5 Å². The van der Waals surface area contributed by atoms with E-state index in [1.165, 1.54) is 6.92 Å². The molecule has 1 N–H and O–H groups in total. The Kier molecular flexibility index (Phi) is 4.88. The summed E-state index contributed by atoms with van der Waals surface area (Å²) in [6.07, 6.45) is 0.316. The Morgan fingerprint density at radius 1 is 1.26 bits per heavy atom. The van der Waals surface area contributed by atoms with E-state index >= 15 is 0 Å². The van der Waals surface area contributed by atoms with Crippen molar-refractivity contribution in [3.63, 3.8) is 0 Å². The van der Waals surface area contributed by atoms with Gasteiger partial charge in [-0.15, -0.1) is 6.58 Å². The summed E-state index contributed by atoms with van der Waals surface area (Å²) in [5.74, 6) is -0.226. The van der Waals surface area contributed by atoms with Gasteiger partial charge in [-0.1, -0.05) is 55.5 Å². The van der Waals surface area contributed by atoms with Gasteiger partial charge in [0.25, 0.3) is 0 Å². The van der Waals surface area contributed by atoms with Gasteiger partial charge in [-0.25, -0.2) is 0 Å². The Hall–Kier alpha value is -1.19. The molecule has 2 nitrogen and oxygen atoms in total. The maximum Gasteiger partial charge on any atom is 0.166 e. The first-order chi connectivity index (χ1) is 8.65. The predicted molar refractivity (Wildman–Crippen MR) is 82.9 cm³/mol. The highest BCUT2D eigenvalue weighted by Gasteiger charge is 2.35. The van der Waals surface area contributed by atoms with Gasteiger partial charge in [0.2, 0.25) is 0 Å². The summed E-state index contributed by atoms with van der Waals surface area (Å²) in [4.78, 5) is 11.9. The van der Waals surface area contributed by atoms with E-state index in [0.717, 1.165) is 11.6 Å². The zero-order valence-electron chi connectivity index (χ0n) is 12.4. The summed E-state index contributed by atoms with van der Waals surface area (Å²) in [6.45, 7) is 12.3. The molecule has 0 aromatic heterocycles. The van der Waals surface area contributed by atoms with Gasteiger partial charge in [-0.05, 0) is 18.5 Å². The molecule has 0 bridgehead atoms. The van der Waals surface area contributed by atoms with Crippen molar-refractivity contribution in [1.29, 1.82) is 0 Å². The average Bonchev–Trinajstić information content (AvgIpc) is 2.27. The molecule has 1 aromatic rings. The van der Waals surface area contributed by atoms with Gasteiger partial charge in [0.15, 0.2) is 11.4 Å². The molecule has 1 unspecified atom stereocenters. The molecule has 0 aliphatic heterocycles. The number of ketones is 1. The number of carbonyl (C=O) groups is 1.